The minimum absolute atomic E-state index is 0.0107. The number of urea groups is 1. The summed E-state index contributed by atoms with van der Waals surface area (Å²) in [6.07, 6.45) is 2.63. The molecule has 7 heteroatoms. The maximum atomic E-state index is 12.3. The van der Waals surface area contributed by atoms with Gasteiger partial charge in [0.2, 0.25) is 5.91 Å². The molecular formula is C19H28N4O3. The van der Waals surface area contributed by atoms with E-state index >= 15 is 0 Å². The summed E-state index contributed by atoms with van der Waals surface area (Å²) in [7, 11) is 1.60. The molecule has 2 saturated heterocycles. The maximum absolute atomic E-state index is 12.3. The highest BCUT2D eigenvalue weighted by Gasteiger charge is 2.32. The van der Waals surface area contributed by atoms with E-state index in [0.717, 1.165) is 25.2 Å². The lowest BCUT2D eigenvalue weighted by Crippen LogP contribution is -2.47. The van der Waals surface area contributed by atoms with Gasteiger partial charge < -0.3 is 20.3 Å². The highest BCUT2D eigenvalue weighted by atomic mass is 16.5. The van der Waals surface area contributed by atoms with Gasteiger partial charge in [-0.1, -0.05) is 13.0 Å². The minimum Gasteiger partial charge on any atom is -0.497 e. The quantitative estimate of drug-likeness (QED) is 0.808. The van der Waals surface area contributed by atoms with Gasteiger partial charge in [-0.2, -0.15) is 0 Å². The number of carbonyl (C=O) groups is 2. The van der Waals surface area contributed by atoms with Crippen LogP contribution < -0.4 is 20.3 Å². The molecule has 0 aromatic heterocycles. The highest BCUT2D eigenvalue weighted by Crippen LogP contribution is 2.25. The van der Waals surface area contributed by atoms with Crippen LogP contribution in [0.4, 0.5) is 10.5 Å². The van der Waals surface area contributed by atoms with Crippen molar-refractivity contribution in [2.75, 3.05) is 38.2 Å². The fourth-order valence-corrected chi connectivity index (χ4v) is 3.82. The number of likely N-dealkylation sites (tertiary alicyclic amines) is 1. The molecule has 0 radical (unpaired) electrons. The van der Waals surface area contributed by atoms with Gasteiger partial charge in [-0.15, -0.1) is 0 Å². The third kappa shape index (κ3) is 4.27. The Bertz CT molecular complexity index is 651. The van der Waals surface area contributed by atoms with Gasteiger partial charge in [-0.3, -0.25) is 9.69 Å². The Morgan fingerprint density at radius 1 is 1.38 bits per heavy atom. The Morgan fingerprint density at radius 2 is 2.23 bits per heavy atom. The zero-order valence-electron chi connectivity index (χ0n) is 15.5. The van der Waals surface area contributed by atoms with Crippen LogP contribution in [0.25, 0.3) is 0 Å². The zero-order valence-corrected chi connectivity index (χ0v) is 15.5. The molecule has 2 atom stereocenters. The number of methoxy groups -OCH3 is 1. The van der Waals surface area contributed by atoms with E-state index in [-0.39, 0.29) is 18.0 Å². The Hall–Kier alpha value is -2.28. The molecular weight excluding hydrogens is 332 g/mol. The standard InChI is InChI=1S/C19H28N4O3/c1-3-22-9-5-7-16(22)12-20-19(25)21-14-10-18(24)23(13-14)15-6-4-8-17(11-15)26-2/h4,6,8,11,14,16H,3,5,7,9-10,12-13H2,1-2H3,(H2,20,21,25)/t14-,16-/m1/s1. The van der Waals surface area contributed by atoms with E-state index in [1.807, 2.05) is 24.3 Å². The summed E-state index contributed by atoms with van der Waals surface area (Å²) < 4.78 is 5.22. The monoisotopic (exact) mass is 360 g/mol. The molecule has 2 fully saturated rings. The number of likely N-dealkylation sites (N-methyl/N-ethyl adjacent to an activating group) is 1. The SMILES string of the molecule is CCN1CCC[C@@H]1CNC(=O)N[C@@H]1CC(=O)N(c2cccc(OC)c2)C1. The molecule has 2 heterocycles. The van der Waals surface area contributed by atoms with Crippen LogP contribution in [-0.4, -0.2) is 62.2 Å². The van der Waals surface area contributed by atoms with Crippen LogP contribution in [-0.2, 0) is 4.79 Å². The summed E-state index contributed by atoms with van der Waals surface area (Å²) in [5, 5.41) is 5.89. The average Bonchev–Trinajstić information content (AvgIpc) is 3.25. The predicted octanol–water partition coefficient (Wildman–Crippen LogP) is 1.58. The molecule has 3 rings (SSSR count). The molecule has 142 valence electrons. The van der Waals surface area contributed by atoms with Crippen molar-refractivity contribution >= 4 is 17.6 Å². The lowest BCUT2D eigenvalue weighted by molar-refractivity contribution is -0.117. The van der Waals surface area contributed by atoms with Crippen molar-refractivity contribution in [3.05, 3.63) is 24.3 Å². The van der Waals surface area contributed by atoms with Crippen LogP contribution >= 0.6 is 0 Å². The molecule has 0 spiro atoms. The number of rotatable bonds is 6. The molecule has 2 aliphatic rings. The molecule has 3 amide bonds. The fraction of sp³-hybridized carbons (Fsp3) is 0.579. The first-order chi connectivity index (χ1) is 12.6. The van der Waals surface area contributed by atoms with Crippen molar-refractivity contribution in [1.29, 1.82) is 0 Å². The molecule has 1 aromatic rings. The van der Waals surface area contributed by atoms with Crippen LogP contribution in [0.2, 0.25) is 0 Å². The van der Waals surface area contributed by atoms with Crippen molar-refractivity contribution in [2.45, 2.75) is 38.3 Å². The summed E-state index contributed by atoms with van der Waals surface area (Å²) in [4.78, 5) is 28.6. The van der Waals surface area contributed by atoms with Gasteiger partial charge in [0.1, 0.15) is 5.75 Å². The largest absolute Gasteiger partial charge is 0.497 e. The first-order valence-electron chi connectivity index (χ1n) is 9.33. The second-order valence-electron chi connectivity index (χ2n) is 6.89. The Balaban J connectivity index is 1.50. The normalized spacial score (nSPS) is 23.3. The predicted molar refractivity (Wildman–Crippen MR) is 101 cm³/mol. The van der Waals surface area contributed by atoms with Gasteiger partial charge in [0.15, 0.2) is 0 Å². The second-order valence-corrected chi connectivity index (χ2v) is 6.89. The molecule has 0 unspecified atom stereocenters. The van der Waals surface area contributed by atoms with E-state index in [4.69, 9.17) is 4.74 Å². The number of nitrogens with one attached hydrogen (secondary N) is 2. The van der Waals surface area contributed by atoms with Gasteiger partial charge in [0.05, 0.1) is 13.2 Å². The van der Waals surface area contributed by atoms with E-state index in [1.54, 1.807) is 12.0 Å². The number of carbonyl (C=O) groups excluding carboxylic acids is 2. The van der Waals surface area contributed by atoms with E-state index in [0.29, 0.717) is 31.3 Å². The van der Waals surface area contributed by atoms with Crippen molar-refractivity contribution in [1.82, 2.24) is 15.5 Å². The number of amides is 3. The van der Waals surface area contributed by atoms with Crippen molar-refractivity contribution in [2.24, 2.45) is 0 Å². The fourth-order valence-electron chi connectivity index (χ4n) is 3.82. The lowest BCUT2D eigenvalue weighted by Gasteiger charge is -2.23. The second kappa shape index (κ2) is 8.40. The van der Waals surface area contributed by atoms with Crippen LogP contribution in [0, 0.1) is 0 Å². The molecule has 26 heavy (non-hydrogen) atoms. The summed E-state index contributed by atoms with van der Waals surface area (Å²) in [6, 6.07) is 7.45. The van der Waals surface area contributed by atoms with E-state index in [1.165, 1.54) is 6.42 Å². The van der Waals surface area contributed by atoms with Crippen molar-refractivity contribution in [3.63, 3.8) is 0 Å². The molecule has 2 N–H and O–H groups in total. The van der Waals surface area contributed by atoms with Gasteiger partial charge in [-0.25, -0.2) is 4.79 Å². The zero-order chi connectivity index (χ0) is 18.5. The van der Waals surface area contributed by atoms with Crippen molar-refractivity contribution < 1.29 is 14.3 Å². The van der Waals surface area contributed by atoms with Gasteiger partial charge in [0.25, 0.3) is 0 Å². The topological polar surface area (TPSA) is 73.9 Å². The molecule has 0 aliphatic carbocycles. The molecule has 1 aromatic carbocycles. The summed E-state index contributed by atoms with van der Waals surface area (Å²) in [5.74, 6) is 0.720. The minimum atomic E-state index is -0.196. The van der Waals surface area contributed by atoms with Gasteiger partial charge in [-0.05, 0) is 38.1 Å². The Kier molecular flexibility index (Phi) is 5.98. The number of ether oxygens (including phenoxy) is 1. The van der Waals surface area contributed by atoms with Gasteiger partial charge >= 0.3 is 6.03 Å². The summed E-state index contributed by atoms with van der Waals surface area (Å²) in [5.41, 5.74) is 0.795. The number of hydrogen-bond donors (Lipinski definition) is 2. The number of hydrogen-bond acceptors (Lipinski definition) is 4. The molecule has 0 saturated carbocycles. The number of anilines is 1. The maximum Gasteiger partial charge on any atom is 0.315 e. The molecule has 7 nitrogen and oxygen atoms in total. The van der Waals surface area contributed by atoms with Crippen LogP contribution in [0.15, 0.2) is 24.3 Å². The first kappa shape index (κ1) is 18.5. The third-order valence-corrected chi connectivity index (χ3v) is 5.23. The van der Waals surface area contributed by atoms with Gasteiger partial charge in [0, 0.05) is 37.3 Å². The lowest BCUT2D eigenvalue weighted by atomic mass is 10.2. The first-order valence-corrected chi connectivity index (χ1v) is 9.33. The Labute approximate surface area is 154 Å². The van der Waals surface area contributed by atoms with Crippen LogP contribution in [0.1, 0.15) is 26.2 Å². The van der Waals surface area contributed by atoms with E-state index < -0.39 is 0 Å². The number of benzene rings is 1. The third-order valence-electron chi connectivity index (χ3n) is 5.23. The van der Waals surface area contributed by atoms with Crippen LogP contribution in [0.5, 0.6) is 5.75 Å². The summed E-state index contributed by atoms with van der Waals surface area (Å²) >= 11 is 0. The van der Waals surface area contributed by atoms with E-state index in [2.05, 4.69) is 22.5 Å². The highest BCUT2D eigenvalue weighted by molar-refractivity contribution is 5.97. The average molecular weight is 360 g/mol. The van der Waals surface area contributed by atoms with Crippen LogP contribution in [0.3, 0.4) is 0 Å². The summed E-state index contributed by atoms with van der Waals surface area (Å²) in [6.45, 7) is 5.40. The van der Waals surface area contributed by atoms with E-state index in [9.17, 15) is 9.59 Å². The molecule has 0 bridgehead atoms. The smallest absolute Gasteiger partial charge is 0.315 e. The van der Waals surface area contributed by atoms with Crippen molar-refractivity contribution in [3.8, 4) is 5.75 Å². The Morgan fingerprint density at radius 3 is 3.00 bits per heavy atom. The number of nitrogens with zero attached hydrogens (tertiary/aromatic N) is 2. The molecule has 2 aliphatic heterocycles.